The van der Waals surface area contributed by atoms with Crippen LogP contribution in [0, 0.1) is 0 Å². The number of phenolic OH excluding ortho intramolecular Hbond substituents is 1. The molecule has 1 aliphatic heterocycles. The molecule has 0 saturated carbocycles. The molecule has 0 fully saturated rings. The fourth-order valence-electron chi connectivity index (χ4n) is 3.29. The summed E-state index contributed by atoms with van der Waals surface area (Å²) in [6.45, 7) is 6.94. The second kappa shape index (κ2) is 8.71. The number of amides is 1. The molecule has 3 rings (SSSR count). The number of likely N-dealkylation sites (N-methyl/N-ethyl adjacent to an activating group) is 2. The van der Waals surface area contributed by atoms with E-state index in [1.807, 2.05) is 31.2 Å². The van der Waals surface area contributed by atoms with E-state index in [9.17, 15) is 9.90 Å². The number of benzene rings is 2. The maximum absolute atomic E-state index is 13.0. The van der Waals surface area contributed by atoms with E-state index in [2.05, 4.69) is 38.1 Å². The second-order valence-corrected chi connectivity index (χ2v) is 8.56. The molecule has 1 aliphatic rings. The molecule has 0 saturated heterocycles. The van der Waals surface area contributed by atoms with E-state index < -0.39 is 0 Å². The summed E-state index contributed by atoms with van der Waals surface area (Å²) in [5, 5.41) is 15.4. The van der Waals surface area contributed by atoms with Gasteiger partial charge in [-0.2, -0.15) is 10.1 Å². The number of hydrogen-bond acceptors (Lipinski definition) is 4. The third-order valence-electron chi connectivity index (χ3n) is 5.15. The van der Waals surface area contributed by atoms with Gasteiger partial charge in [-0.1, -0.05) is 12.1 Å². The van der Waals surface area contributed by atoms with Gasteiger partial charge in [0.15, 0.2) is 0 Å². The lowest BCUT2D eigenvalue weighted by atomic mass is 10.1. The first-order valence-corrected chi connectivity index (χ1v) is 10.2. The summed E-state index contributed by atoms with van der Waals surface area (Å²) in [5.41, 5.74) is 3.97. The molecule has 6 heteroatoms. The van der Waals surface area contributed by atoms with Gasteiger partial charge in [-0.15, -0.1) is 0 Å². The molecule has 158 valence electrons. The van der Waals surface area contributed by atoms with E-state index in [0.29, 0.717) is 11.3 Å². The van der Waals surface area contributed by atoms with Crippen LogP contribution in [0.5, 0.6) is 5.75 Å². The van der Waals surface area contributed by atoms with Crippen LogP contribution < -0.4 is 9.91 Å². The van der Waals surface area contributed by atoms with Crippen LogP contribution in [0.1, 0.15) is 19.4 Å². The first kappa shape index (κ1) is 21.6. The highest BCUT2D eigenvalue weighted by Gasteiger charge is 2.28. The highest BCUT2D eigenvalue weighted by molar-refractivity contribution is 6.32. The van der Waals surface area contributed by atoms with Crippen molar-refractivity contribution in [2.45, 2.75) is 13.8 Å². The molecular formula is C24H31N4O2+. The summed E-state index contributed by atoms with van der Waals surface area (Å²) < 4.78 is 0.918. The predicted molar refractivity (Wildman–Crippen MR) is 124 cm³/mol. The molecule has 1 heterocycles. The molecule has 0 atom stereocenters. The van der Waals surface area contributed by atoms with E-state index in [0.717, 1.165) is 41.1 Å². The molecule has 30 heavy (non-hydrogen) atoms. The largest absolute Gasteiger partial charge is 0.508 e. The molecular weight excluding hydrogens is 376 g/mol. The van der Waals surface area contributed by atoms with Crippen molar-refractivity contribution in [3.05, 3.63) is 59.7 Å². The Morgan fingerprint density at radius 3 is 2.27 bits per heavy atom. The maximum atomic E-state index is 13.0. The number of carbonyl (C=O) groups excluding carboxylic acids is 1. The zero-order valence-corrected chi connectivity index (χ0v) is 18.5. The third kappa shape index (κ3) is 5.07. The number of hydrogen-bond donors (Lipinski definition) is 1. The average molecular weight is 408 g/mol. The Morgan fingerprint density at radius 2 is 1.70 bits per heavy atom. The highest BCUT2D eigenvalue weighted by Crippen LogP contribution is 2.27. The van der Waals surface area contributed by atoms with Crippen LogP contribution in [0.2, 0.25) is 0 Å². The average Bonchev–Trinajstić information content (AvgIpc) is 2.98. The molecule has 2 aromatic carbocycles. The van der Waals surface area contributed by atoms with Gasteiger partial charge in [0.05, 0.1) is 51.2 Å². The lowest BCUT2D eigenvalue weighted by molar-refractivity contribution is -0.868. The highest BCUT2D eigenvalue weighted by atomic mass is 16.3. The number of hydrazone groups is 1. The molecule has 0 aromatic heterocycles. The molecule has 0 radical (unpaired) electrons. The van der Waals surface area contributed by atoms with Crippen molar-refractivity contribution in [1.29, 1.82) is 0 Å². The SMILES string of the molecule is CCN(CC[N+](C)(C)C)c1ccc(N2N=C(C)/C(=C\c3ccc(O)cc3)C2=O)cc1. The fourth-order valence-corrected chi connectivity index (χ4v) is 3.29. The summed E-state index contributed by atoms with van der Waals surface area (Å²) in [6, 6.07) is 14.7. The van der Waals surface area contributed by atoms with Gasteiger partial charge in [0, 0.05) is 12.2 Å². The molecule has 0 unspecified atom stereocenters. The van der Waals surface area contributed by atoms with Crippen LogP contribution in [-0.4, -0.2) is 62.0 Å². The Labute approximate surface area is 178 Å². The number of quaternary nitrogens is 1. The lowest BCUT2D eigenvalue weighted by Crippen LogP contribution is -2.42. The first-order chi connectivity index (χ1) is 14.2. The summed E-state index contributed by atoms with van der Waals surface area (Å²) >= 11 is 0. The standard InChI is InChI=1S/C24H30N4O2/c1-6-26(15-16-28(3,4)5)20-9-11-21(12-10-20)27-24(30)23(18(2)25-27)17-19-7-13-22(29)14-8-19/h7-14,17H,6,15-16H2,1-5H3/p+1. The van der Waals surface area contributed by atoms with E-state index in [1.165, 1.54) is 5.01 Å². The summed E-state index contributed by atoms with van der Waals surface area (Å²) in [5.74, 6) is 0.0512. The predicted octanol–water partition coefficient (Wildman–Crippen LogP) is 3.73. The van der Waals surface area contributed by atoms with E-state index in [4.69, 9.17) is 0 Å². The summed E-state index contributed by atoms with van der Waals surface area (Å²) in [7, 11) is 6.58. The third-order valence-corrected chi connectivity index (χ3v) is 5.15. The minimum Gasteiger partial charge on any atom is -0.508 e. The van der Waals surface area contributed by atoms with E-state index in [1.54, 1.807) is 30.3 Å². The van der Waals surface area contributed by atoms with Crippen molar-refractivity contribution in [3.8, 4) is 5.75 Å². The molecule has 1 N–H and O–H groups in total. The molecule has 0 aliphatic carbocycles. The number of rotatable bonds is 7. The monoisotopic (exact) mass is 407 g/mol. The quantitative estimate of drug-likeness (QED) is 0.562. The maximum Gasteiger partial charge on any atom is 0.280 e. The molecule has 0 spiro atoms. The Bertz CT molecular complexity index is 954. The molecule has 0 bridgehead atoms. The topological polar surface area (TPSA) is 56.1 Å². The van der Waals surface area contributed by atoms with Gasteiger partial charge in [0.25, 0.3) is 5.91 Å². The van der Waals surface area contributed by atoms with Gasteiger partial charge >= 0.3 is 0 Å². The fraction of sp³-hybridized carbons (Fsp3) is 0.333. The molecule has 1 amide bonds. The number of carbonyl (C=O) groups is 1. The van der Waals surface area contributed by atoms with Crippen LogP contribution in [0.25, 0.3) is 6.08 Å². The van der Waals surface area contributed by atoms with E-state index >= 15 is 0 Å². The van der Waals surface area contributed by atoms with Gasteiger partial charge in [-0.05, 0) is 61.9 Å². The van der Waals surface area contributed by atoms with Gasteiger partial charge in [-0.25, -0.2) is 0 Å². The number of aromatic hydroxyl groups is 1. The minimum absolute atomic E-state index is 0.147. The Morgan fingerprint density at radius 1 is 1.07 bits per heavy atom. The Hall–Kier alpha value is -3.12. The summed E-state index contributed by atoms with van der Waals surface area (Å²) in [4.78, 5) is 15.3. The van der Waals surface area contributed by atoms with E-state index in [-0.39, 0.29) is 11.7 Å². The van der Waals surface area contributed by atoms with Crippen molar-refractivity contribution in [3.63, 3.8) is 0 Å². The van der Waals surface area contributed by atoms with Gasteiger partial charge in [0.1, 0.15) is 5.75 Å². The van der Waals surface area contributed by atoms with Crippen molar-refractivity contribution in [2.24, 2.45) is 5.10 Å². The number of anilines is 2. The number of phenols is 1. The van der Waals surface area contributed by atoms with Crippen molar-refractivity contribution < 1.29 is 14.4 Å². The normalized spacial score (nSPS) is 15.6. The van der Waals surface area contributed by atoms with Crippen molar-refractivity contribution in [2.75, 3.05) is 50.7 Å². The minimum atomic E-state index is -0.147. The summed E-state index contributed by atoms with van der Waals surface area (Å²) in [6.07, 6.45) is 1.80. The molecule has 6 nitrogen and oxygen atoms in total. The van der Waals surface area contributed by atoms with Crippen molar-refractivity contribution in [1.82, 2.24) is 0 Å². The van der Waals surface area contributed by atoms with Gasteiger partial charge in [0.2, 0.25) is 0 Å². The Kier molecular flexibility index (Phi) is 6.27. The molecule has 2 aromatic rings. The lowest BCUT2D eigenvalue weighted by Gasteiger charge is -2.29. The van der Waals surface area contributed by atoms with Gasteiger partial charge in [-0.3, -0.25) is 4.79 Å². The van der Waals surface area contributed by atoms with Crippen LogP contribution in [0.15, 0.2) is 59.2 Å². The number of nitrogens with zero attached hydrogens (tertiary/aromatic N) is 4. The van der Waals surface area contributed by atoms with Crippen LogP contribution >= 0.6 is 0 Å². The zero-order chi connectivity index (χ0) is 21.9. The van der Waals surface area contributed by atoms with Crippen molar-refractivity contribution >= 4 is 29.1 Å². The first-order valence-electron chi connectivity index (χ1n) is 10.2. The second-order valence-electron chi connectivity index (χ2n) is 8.56. The van der Waals surface area contributed by atoms with Crippen LogP contribution in [0.3, 0.4) is 0 Å². The Balaban J connectivity index is 1.76. The van der Waals surface area contributed by atoms with Crippen LogP contribution in [0.4, 0.5) is 11.4 Å². The van der Waals surface area contributed by atoms with Crippen LogP contribution in [-0.2, 0) is 4.79 Å². The van der Waals surface area contributed by atoms with Gasteiger partial charge < -0.3 is 14.5 Å². The smallest absolute Gasteiger partial charge is 0.280 e. The zero-order valence-electron chi connectivity index (χ0n) is 18.5.